The van der Waals surface area contributed by atoms with Gasteiger partial charge in [0.2, 0.25) is 0 Å². The maximum atomic E-state index is 11.4. The quantitative estimate of drug-likeness (QED) is 0.285. The Morgan fingerprint density at radius 3 is 2.69 bits per heavy atom. The molecule has 0 spiro atoms. The van der Waals surface area contributed by atoms with Gasteiger partial charge in [-0.25, -0.2) is 9.78 Å². The molecule has 9 nitrogen and oxygen atoms in total. The molecular formula is C20H20N4O5. The Bertz CT molecular complexity index is 1010. The van der Waals surface area contributed by atoms with Gasteiger partial charge in [0.25, 0.3) is 0 Å². The lowest BCUT2D eigenvalue weighted by Gasteiger charge is -2.12. The molecule has 0 atom stereocenters. The van der Waals surface area contributed by atoms with Gasteiger partial charge < -0.3 is 20.5 Å². The van der Waals surface area contributed by atoms with E-state index >= 15 is 0 Å². The zero-order valence-corrected chi connectivity index (χ0v) is 15.5. The molecule has 0 unspecified atom stereocenters. The third-order valence-electron chi connectivity index (χ3n) is 4.20. The smallest absolute Gasteiger partial charge is 0.404 e. The molecule has 3 N–H and O–H groups in total. The van der Waals surface area contributed by atoms with Gasteiger partial charge in [-0.3, -0.25) is 10.1 Å². The largest absolute Gasteiger partial charge is 0.489 e. The summed E-state index contributed by atoms with van der Waals surface area (Å²) in [5.41, 5.74) is 1.81. The number of anilines is 1. The van der Waals surface area contributed by atoms with Crippen molar-refractivity contribution in [2.24, 2.45) is 0 Å². The van der Waals surface area contributed by atoms with E-state index in [0.717, 1.165) is 5.56 Å². The normalized spacial score (nSPS) is 10.5. The topological polar surface area (TPSA) is 127 Å². The van der Waals surface area contributed by atoms with Crippen molar-refractivity contribution in [1.29, 1.82) is 0 Å². The second-order valence-electron chi connectivity index (χ2n) is 6.24. The number of hydrogen-bond acceptors (Lipinski definition) is 6. The number of carbonyl (C=O) groups is 1. The van der Waals surface area contributed by atoms with Crippen molar-refractivity contribution in [3.63, 3.8) is 0 Å². The molecule has 0 saturated heterocycles. The standard InChI is InChI=1S/C20H20N4O5/c25-20(26)22-10-4-9-21-19-16-8-7-15(29-13-14-5-2-1-3-6-14)11-17(16)23-12-18(19)24(27)28/h1-3,5-8,11-12,22H,4,9-10,13H2,(H,21,23)(H,25,26). The number of ether oxygens (including phenoxy) is 1. The number of nitrogens with one attached hydrogen (secondary N) is 2. The molecule has 0 aliphatic heterocycles. The van der Waals surface area contributed by atoms with E-state index in [4.69, 9.17) is 9.84 Å². The Hall–Kier alpha value is -3.88. The summed E-state index contributed by atoms with van der Waals surface area (Å²) in [6, 6.07) is 14.9. The molecule has 3 aromatic rings. The van der Waals surface area contributed by atoms with Crippen LogP contribution in [0.15, 0.2) is 54.7 Å². The van der Waals surface area contributed by atoms with Crippen LogP contribution < -0.4 is 15.4 Å². The first-order chi connectivity index (χ1) is 14.0. The second kappa shape index (κ2) is 9.36. The maximum Gasteiger partial charge on any atom is 0.404 e. The van der Waals surface area contributed by atoms with Gasteiger partial charge in [0.1, 0.15) is 24.2 Å². The minimum Gasteiger partial charge on any atom is -0.489 e. The zero-order valence-electron chi connectivity index (χ0n) is 15.5. The number of benzene rings is 2. The summed E-state index contributed by atoms with van der Waals surface area (Å²) in [5.74, 6) is 0.610. The van der Waals surface area contributed by atoms with Gasteiger partial charge in [0, 0.05) is 24.5 Å². The third kappa shape index (κ3) is 5.32. The lowest BCUT2D eigenvalue weighted by atomic mass is 10.1. The number of hydrogen-bond donors (Lipinski definition) is 3. The van der Waals surface area contributed by atoms with Gasteiger partial charge >= 0.3 is 11.8 Å². The van der Waals surface area contributed by atoms with Crippen molar-refractivity contribution in [3.05, 3.63) is 70.4 Å². The summed E-state index contributed by atoms with van der Waals surface area (Å²) in [6.45, 7) is 1.02. The Kier molecular flexibility index (Phi) is 6.41. The summed E-state index contributed by atoms with van der Waals surface area (Å²) < 4.78 is 5.80. The molecule has 0 aliphatic carbocycles. The van der Waals surface area contributed by atoms with Crippen LogP contribution in [-0.4, -0.2) is 34.2 Å². The zero-order chi connectivity index (χ0) is 20.6. The average molecular weight is 396 g/mol. The highest BCUT2D eigenvalue weighted by Gasteiger charge is 2.18. The molecule has 0 radical (unpaired) electrons. The minimum absolute atomic E-state index is 0.137. The lowest BCUT2D eigenvalue weighted by Crippen LogP contribution is -2.23. The number of fused-ring (bicyclic) bond motifs is 1. The molecule has 1 amide bonds. The number of nitrogens with zero attached hydrogens (tertiary/aromatic N) is 2. The van der Waals surface area contributed by atoms with Crippen molar-refractivity contribution < 1.29 is 19.6 Å². The maximum absolute atomic E-state index is 11.4. The number of carboxylic acid groups (broad SMARTS) is 1. The number of amides is 1. The van der Waals surface area contributed by atoms with Crippen LogP contribution in [0.3, 0.4) is 0 Å². The van der Waals surface area contributed by atoms with E-state index in [9.17, 15) is 14.9 Å². The average Bonchev–Trinajstić information content (AvgIpc) is 2.72. The molecule has 0 aliphatic rings. The molecule has 9 heteroatoms. The van der Waals surface area contributed by atoms with Gasteiger partial charge in [-0.05, 0) is 24.1 Å². The van der Waals surface area contributed by atoms with Gasteiger partial charge in [-0.1, -0.05) is 30.3 Å². The summed E-state index contributed by atoms with van der Waals surface area (Å²) >= 11 is 0. The summed E-state index contributed by atoms with van der Waals surface area (Å²) in [5, 5.41) is 25.9. The fraction of sp³-hybridized carbons (Fsp3) is 0.200. The first-order valence-corrected chi connectivity index (χ1v) is 8.99. The Labute approximate surface area is 166 Å². The predicted octanol–water partition coefficient (Wildman–Crippen LogP) is 3.79. The van der Waals surface area contributed by atoms with E-state index in [2.05, 4.69) is 15.6 Å². The van der Waals surface area contributed by atoms with Crippen LogP contribution in [0.5, 0.6) is 5.75 Å². The highest BCUT2D eigenvalue weighted by molar-refractivity contribution is 5.96. The SMILES string of the molecule is O=C(O)NCCCNc1c([N+](=O)[O-])cnc2cc(OCc3ccccc3)ccc12. The van der Waals surface area contributed by atoms with Crippen LogP contribution in [0.25, 0.3) is 10.9 Å². The number of rotatable bonds is 9. The molecule has 0 fully saturated rings. The fourth-order valence-corrected chi connectivity index (χ4v) is 2.81. The Morgan fingerprint density at radius 2 is 1.97 bits per heavy atom. The highest BCUT2D eigenvalue weighted by Crippen LogP contribution is 2.33. The molecule has 1 aromatic heterocycles. The van der Waals surface area contributed by atoms with Gasteiger partial charge in [-0.15, -0.1) is 0 Å². The second-order valence-corrected chi connectivity index (χ2v) is 6.24. The molecular weight excluding hydrogens is 376 g/mol. The summed E-state index contributed by atoms with van der Waals surface area (Å²) in [4.78, 5) is 25.6. The van der Waals surface area contributed by atoms with Crippen LogP contribution in [0.2, 0.25) is 0 Å². The van der Waals surface area contributed by atoms with Crippen LogP contribution >= 0.6 is 0 Å². The lowest BCUT2D eigenvalue weighted by molar-refractivity contribution is -0.384. The van der Waals surface area contributed by atoms with Crippen LogP contribution in [0.1, 0.15) is 12.0 Å². The monoisotopic (exact) mass is 396 g/mol. The first-order valence-electron chi connectivity index (χ1n) is 8.99. The molecule has 0 saturated carbocycles. The van der Waals surface area contributed by atoms with Gasteiger partial charge in [0.15, 0.2) is 0 Å². The Morgan fingerprint density at radius 1 is 1.17 bits per heavy atom. The highest BCUT2D eigenvalue weighted by atomic mass is 16.6. The molecule has 150 valence electrons. The van der Waals surface area contributed by atoms with Crippen LogP contribution in [0, 0.1) is 10.1 Å². The van der Waals surface area contributed by atoms with Crippen molar-refractivity contribution in [3.8, 4) is 5.75 Å². The fourth-order valence-electron chi connectivity index (χ4n) is 2.81. The van der Waals surface area contributed by atoms with E-state index in [1.54, 1.807) is 18.2 Å². The predicted molar refractivity (Wildman–Crippen MR) is 108 cm³/mol. The number of nitro groups is 1. The van der Waals surface area contributed by atoms with E-state index in [0.29, 0.717) is 41.9 Å². The van der Waals surface area contributed by atoms with Crippen molar-refractivity contribution in [2.75, 3.05) is 18.4 Å². The van der Waals surface area contributed by atoms with E-state index < -0.39 is 11.0 Å². The van der Waals surface area contributed by atoms with Crippen molar-refractivity contribution in [1.82, 2.24) is 10.3 Å². The van der Waals surface area contributed by atoms with Gasteiger partial charge in [-0.2, -0.15) is 0 Å². The van der Waals surface area contributed by atoms with Crippen LogP contribution in [-0.2, 0) is 6.61 Å². The molecule has 1 heterocycles. The van der Waals surface area contributed by atoms with E-state index in [1.165, 1.54) is 6.20 Å². The van der Waals surface area contributed by atoms with Crippen molar-refractivity contribution in [2.45, 2.75) is 13.0 Å². The molecule has 3 rings (SSSR count). The third-order valence-corrected chi connectivity index (χ3v) is 4.20. The number of aromatic nitrogens is 1. The summed E-state index contributed by atoms with van der Waals surface area (Å²) in [6.07, 6.45) is 0.584. The van der Waals surface area contributed by atoms with Gasteiger partial charge in [0.05, 0.1) is 10.4 Å². The Balaban J connectivity index is 1.77. The minimum atomic E-state index is -1.10. The van der Waals surface area contributed by atoms with E-state index in [1.807, 2.05) is 30.3 Å². The molecule has 0 bridgehead atoms. The summed E-state index contributed by atoms with van der Waals surface area (Å²) in [7, 11) is 0. The molecule has 29 heavy (non-hydrogen) atoms. The van der Waals surface area contributed by atoms with Crippen LogP contribution in [0.4, 0.5) is 16.2 Å². The molecule has 2 aromatic carbocycles. The number of pyridine rings is 1. The van der Waals surface area contributed by atoms with Crippen molar-refractivity contribution >= 4 is 28.4 Å². The van der Waals surface area contributed by atoms with E-state index in [-0.39, 0.29) is 12.2 Å². The first kappa shape index (κ1) is 19.9.